The number of piperidine rings is 1. The molecule has 0 saturated carbocycles. The zero-order chi connectivity index (χ0) is 16.2. The van der Waals surface area contributed by atoms with E-state index in [0.29, 0.717) is 22.2 Å². The topological polar surface area (TPSA) is 51.4 Å². The lowest BCUT2D eigenvalue weighted by molar-refractivity contribution is -0.209. The van der Waals surface area contributed by atoms with Gasteiger partial charge in [-0.1, -0.05) is 11.6 Å². The predicted molar refractivity (Wildman–Crippen MR) is 86.4 cm³/mol. The lowest BCUT2D eigenvalue weighted by Crippen LogP contribution is -2.31. The number of hydrogen-bond acceptors (Lipinski definition) is 6. The molecular formula is C16H20FN3O2S. The first-order valence-electron chi connectivity index (χ1n) is 7.76. The van der Waals surface area contributed by atoms with Gasteiger partial charge in [0.25, 0.3) is 5.89 Å². The van der Waals surface area contributed by atoms with Crippen molar-refractivity contribution in [1.29, 1.82) is 0 Å². The van der Waals surface area contributed by atoms with Crippen molar-refractivity contribution in [3.63, 3.8) is 0 Å². The summed E-state index contributed by atoms with van der Waals surface area (Å²) in [6, 6.07) is 4.94. The number of hydrogen-bond donors (Lipinski definition) is 0. The minimum Gasteiger partial charge on any atom is -0.336 e. The van der Waals surface area contributed by atoms with E-state index in [4.69, 9.17) is 9.36 Å². The molecule has 124 valence electrons. The summed E-state index contributed by atoms with van der Waals surface area (Å²) in [5.41, 5.74) is 0.598. The third kappa shape index (κ3) is 3.91. The molecule has 0 radical (unpaired) electrons. The van der Waals surface area contributed by atoms with E-state index in [-0.39, 0.29) is 11.9 Å². The Morgan fingerprint density at radius 1 is 1.30 bits per heavy atom. The van der Waals surface area contributed by atoms with Crippen LogP contribution in [0.4, 0.5) is 4.39 Å². The summed E-state index contributed by atoms with van der Waals surface area (Å²) in [4.78, 5) is 10.8. The van der Waals surface area contributed by atoms with Gasteiger partial charge in [0.2, 0.25) is 5.82 Å². The molecule has 1 fully saturated rings. The zero-order valence-electron chi connectivity index (χ0n) is 13.3. The summed E-state index contributed by atoms with van der Waals surface area (Å²) in [5.74, 6) is 0.500. The highest BCUT2D eigenvalue weighted by molar-refractivity contribution is 7.98. The average Bonchev–Trinajstić information content (AvgIpc) is 3.06. The number of nitrogens with zero attached hydrogens (tertiary/aromatic N) is 3. The molecule has 1 aliphatic rings. The molecule has 1 atom stereocenters. The molecule has 1 aromatic carbocycles. The second kappa shape index (κ2) is 7.42. The van der Waals surface area contributed by atoms with Crippen LogP contribution in [0.1, 0.15) is 38.2 Å². The van der Waals surface area contributed by atoms with Gasteiger partial charge in [-0.05, 0) is 44.2 Å². The van der Waals surface area contributed by atoms with Gasteiger partial charge >= 0.3 is 0 Å². The van der Waals surface area contributed by atoms with E-state index < -0.39 is 0 Å². The van der Waals surface area contributed by atoms with Crippen molar-refractivity contribution in [2.45, 2.75) is 37.2 Å². The van der Waals surface area contributed by atoms with Crippen LogP contribution in [0.3, 0.4) is 0 Å². The second-order valence-corrected chi connectivity index (χ2v) is 6.39. The van der Waals surface area contributed by atoms with Crippen molar-refractivity contribution >= 4 is 11.8 Å². The van der Waals surface area contributed by atoms with Gasteiger partial charge in [0.15, 0.2) is 6.10 Å². The van der Waals surface area contributed by atoms with E-state index >= 15 is 0 Å². The van der Waals surface area contributed by atoms with Crippen molar-refractivity contribution in [3.8, 4) is 11.4 Å². The fourth-order valence-electron chi connectivity index (χ4n) is 2.56. The molecule has 0 amide bonds. The molecule has 0 spiro atoms. The molecule has 2 aromatic rings. The van der Waals surface area contributed by atoms with E-state index in [0.717, 1.165) is 25.9 Å². The number of benzene rings is 1. The third-order valence-electron chi connectivity index (χ3n) is 3.82. The van der Waals surface area contributed by atoms with Crippen LogP contribution in [0.5, 0.6) is 0 Å². The maximum Gasteiger partial charge on any atom is 0.257 e. The van der Waals surface area contributed by atoms with Crippen LogP contribution in [-0.4, -0.2) is 34.5 Å². The highest BCUT2D eigenvalue weighted by Crippen LogP contribution is 2.26. The van der Waals surface area contributed by atoms with Crippen molar-refractivity contribution in [2.75, 3.05) is 19.3 Å². The molecule has 0 unspecified atom stereocenters. The molecule has 23 heavy (non-hydrogen) atoms. The van der Waals surface area contributed by atoms with Crippen LogP contribution in [0.2, 0.25) is 0 Å². The van der Waals surface area contributed by atoms with E-state index in [9.17, 15) is 4.39 Å². The monoisotopic (exact) mass is 337 g/mol. The maximum atomic E-state index is 13.9. The first kappa shape index (κ1) is 16.4. The Morgan fingerprint density at radius 2 is 2.09 bits per heavy atom. The van der Waals surface area contributed by atoms with Gasteiger partial charge < -0.3 is 4.52 Å². The van der Waals surface area contributed by atoms with Crippen LogP contribution >= 0.6 is 11.8 Å². The zero-order valence-corrected chi connectivity index (χ0v) is 14.1. The number of thioether (sulfide) groups is 1. The lowest BCUT2D eigenvalue weighted by atomic mass is 10.2. The molecule has 7 heteroatoms. The highest BCUT2D eigenvalue weighted by atomic mass is 32.2. The minimum absolute atomic E-state index is 0.279. The lowest BCUT2D eigenvalue weighted by Gasteiger charge is -2.27. The van der Waals surface area contributed by atoms with Crippen LogP contribution in [0.15, 0.2) is 27.6 Å². The van der Waals surface area contributed by atoms with Gasteiger partial charge in [0, 0.05) is 23.5 Å². The summed E-state index contributed by atoms with van der Waals surface area (Å²) in [5, 5.41) is 5.89. The molecular weight excluding hydrogens is 317 g/mol. The van der Waals surface area contributed by atoms with E-state index in [2.05, 4.69) is 10.1 Å². The summed E-state index contributed by atoms with van der Waals surface area (Å²) in [6.45, 7) is 3.72. The van der Waals surface area contributed by atoms with Crippen molar-refractivity contribution in [1.82, 2.24) is 15.2 Å². The number of halogens is 1. The standard InChI is InChI=1S/C16H20FN3O2S/c1-11(22-20-8-4-3-5-9-20)16-18-15(19-21-16)12-6-7-14(23-2)13(17)10-12/h6-7,10-11H,3-5,8-9H2,1-2H3/t11-/m1/s1. The van der Waals surface area contributed by atoms with Gasteiger partial charge in [-0.25, -0.2) is 4.39 Å². The first-order valence-corrected chi connectivity index (χ1v) is 8.99. The Kier molecular flexibility index (Phi) is 5.30. The van der Waals surface area contributed by atoms with Gasteiger partial charge in [0.05, 0.1) is 0 Å². The van der Waals surface area contributed by atoms with Gasteiger partial charge in [0.1, 0.15) is 5.82 Å². The Balaban J connectivity index is 1.70. The van der Waals surface area contributed by atoms with Crippen LogP contribution in [0, 0.1) is 5.82 Å². The highest BCUT2D eigenvalue weighted by Gasteiger charge is 2.21. The van der Waals surface area contributed by atoms with E-state index in [1.54, 1.807) is 12.1 Å². The molecule has 3 rings (SSSR count). The molecule has 0 aliphatic carbocycles. The number of rotatable bonds is 5. The molecule has 1 aliphatic heterocycles. The summed E-state index contributed by atoms with van der Waals surface area (Å²) < 4.78 is 19.2. The maximum absolute atomic E-state index is 13.9. The SMILES string of the molecule is CSc1ccc(-c2noc([C@@H](C)ON3CCCCC3)n2)cc1F. The van der Waals surface area contributed by atoms with Gasteiger partial charge in [-0.15, -0.1) is 11.8 Å². The minimum atomic E-state index is -0.315. The largest absolute Gasteiger partial charge is 0.336 e. The van der Waals surface area contributed by atoms with Crippen LogP contribution < -0.4 is 0 Å². The molecule has 1 saturated heterocycles. The Hall–Kier alpha value is -1.44. The first-order chi connectivity index (χ1) is 11.2. The second-order valence-electron chi connectivity index (χ2n) is 5.54. The molecule has 1 aromatic heterocycles. The fourth-order valence-corrected chi connectivity index (χ4v) is 3.02. The van der Waals surface area contributed by atoms with Crippen molar-refractivity contribution < 1.29 is 13.8 Å². The van der Waals surface area contributed by atoms with Crippen molar-refractivity contribution in [3.05, 3.63) is 29.9 Å². The summed E-state index contributed by atoms with van der Waals surface area (Å²) in [7, 11) is 0. The smallest absolute Gasteiger partial charge is 0.257 e. The summed E-state index contributed by atoms with van der Waals surface area (Å²) in [6.07, 6.45) is 5.05. The quantitative estimate of drug-likeness (QED) is 0.767. The molecule has 0 bridgehead atoms. The molecule has 0 N–H and O–H groups in total. The fraction of sp³-hybridized carbons (Fsp3) is 0.500. The van der Waals surface area contributed by atoms with E-state index in [1.807, 2.05) is 18.2 Å². The molecule has 2 heterocycles. The normalized spacial score (nSPS) is 17.3. The molecule has 5 nitrogen and oxygen atoms in total. The van der Waals surface area contributed by atoms with E-state index in [1.165, 1.54) is 24.2 Å². The van der Waals surface area contributed by atoms with Gasteiger partial charge in [-0.3, -0.25) is 4.84 Å². The number of aromatic nitrogens is 2. The third-order valence-corrected chi connectivity index (χ3v) is 4.59. The van der Waals surface area contributed by atoms with Gasteiger partial charge in [-0.2, -0.15) is 10.0 Å². The van der Waals surface area contributed by atoms with Crippen LogP contribution in [-0.2, 0) is 4.84 Å². The van der Waals surface area contributed by atoms with Crippen molar-refractivity contribution in [2.24, 2.45) is 0 Å². The Morgan fingerprint density at radius 3 is 2.78 bits per heavy atom. The van der Waals surface area contributed by atoms with Crippen LogP contribution in [0.25, 0.3) is 11.4 Å². The average molecular weight is 337 g/mol. The Bertz CT molecular complexity index is 659. The summed E-state index contributed by atoms with van der Waals surface area (Å²) >= 11 is 1.36. The Labute approximate surface area is 139 Å². The predicted octanol–water partition coefficient (Wildman–Crippen LogP) is 4.08. The number of hydroxylamine groups is 2.